The van der Waals surface area contributed by atoms with Crippen LogP contribution >= 0.6 is 0 Å². The lowest BCUT2D eigenvalue weighted by atomic mass is 9.92. The molecule has 0 bridgehead atoms. The number of aromatic nitrogens is 2. The highest BCUT2D eigenvalue weighted by atomic mass is 16.3. The van der Waals surface area contributed by atoms with Crippen LogP contribution in [0.5, 0.6) is 0 Å². The number of likely N-dealkylation sites (N-methyl/N-ethyl adjacent to an activating group) is 1. The number of aliphatic hydroxyl groups is 1. The third-order valence-corrected chi connectivity index (χ3v) is 2.45. The predicted molar refractivity (Wildman–Crippen MR) is 69.5 cm³/mol. The largest absolute Gasteiger partial charge is 0.395 e. The van der Waals surface area contributed by atoms with Gasteiger partial charge in [-0.15, -0.1) is 5.10 Å². The molecule has 18 heavy (non-hydrogen) atoms. The molecule has 0 aliphatic heterocycles. The number of hydrogen-bond acceptors (Lipinski definition) is 4. The van der Waals surface area contributed by atoms with E-state index in [0.717, 1.165) is 5.69 Å². The van der Waals surface area contributed by atoms with Crippen LogP contribution in [0.3, 0.4) is 0 Å². The van der Waals surface area contributed by atoms with Gasteiger partial charge in [0.05, 0.1) is 12.3 Å². The van der Waals surface area contributed by atoms with Gasteiger partial charge in [-0.1, -0.05) is 20.8 Å². The van der Waals surface area contributed by atoms with E-state index in [9.17, 15) is 4.79 Å². The molecule has 0 spiro atoms. The van der Waals surface area contributed by atoms with Crippen molar-refractivity contribution in [1.82, 2.24) is 15.1 Å². The molecular weight excluding hydrogens is 232 g/mol. The van der Waals surface area contributed by atoms with Gasteiger partial charge in [-0.05, 0) is 12.1 Å². The number of rotatable bonds is 3. The topological polar surface area (TPSA) is 78.4 Å². The third-order valence-electron chi connectivity index (χ3n) is 2.45. The average Bonchev–Trinajstić information content (AvgIpc) is 2.28. The van der Waals surface area contributed by atoms with E-state index in [0.29, 0.717) is 5.82 Å². The van der Waals surface area contributed by atoms with Crippen molar-refractivity contribution in [1.29, 1.82) is 0 Å². The molecule has 2 amide bonds. The molecule has 0 aliphatic rings. The number of hydrogen-bond donors (Lipinski definition) is 2. The summed E-state index contributed by atoms with van der Waals surface area (Å²) in [4.78, 5) is 13.0. The quantitative estimate of drug-likeness (QED) is 0.848. The number of nitrogens with zero attached hydrogens (tertiary/aromatic N) is 3. The number of amides is 2. The maximum atomic E-state index is 11.6. The fourth-order valence-electron chi connectivity index (χ4n) is 1.26. The molecule has 0 unspecified atom stereocenters. The molecule has 1 aromatic rings. The zero-order valence-electron chi connectivity index (χ0n) is 11.3. The van der Waals surface area contributed by atoms with Gasteiger partial charge in [0.1, 0.15) is 0 Å². The van der Waals surface area contributed by atoms with Gasteiger partial charge in [0, 0.05) is 19.0 Å². The minimum Gasteiger partial charge on any atom is -0.395 e. The number of nitrogens with one attached hydrogen (secondary N) is 1. The number of urea groups is 1. The van der Waals surface area contributed by atoms with Crippen LogP contribution in [-0.2, 0) is 5.41 Å². The van der Waals surface area contributed by atoms with E-state index >= 15 is 0 Å². The van der Waals surface area contributed by atoms with Gasteiger partial charge >= 0.3 is 6.03 Å². The Hall–Kier alpha value is -1.69. The fraction of sp³-hybridized carbons (Fsp3) is 0.583. The molecular formula is C12H20N4O2. The normalized spacial score (nSPS) is 11.2. The van der Waals surface area contributed by atoms with Crippen molar-refractivity contribution < 1.29 is 9.90 Å². The maximum absolute atomic E-state index is 11.6. The molecule has 0 saturated carbocycles. The summed E-state index contributed by atoms with van der Waals surface area (Å²) in [5.41, 5.74) is 0.799. The molecule has 0 aliphatic carbocycles. The van der Waals surface area contributed by atoms with Gasteiger partial charge < -0.3 is 10.0 Å². The summed E-state index contributed by atoms with van der Waals surface area (Å²) in [5, 5.41) is 19.4. The first-order valence-electron chi connectivity index (χ1n) is 5.82. The zero-order chi connectivity index (χ0) is 13.8. The van der Waals surface area contributed by atoms with Crippen molar-refractivity contribution in [2.75, 3.05) is 25.5 Å². The van der Waals surface area contributed by atoms with Crippen molar-refractivity contribution in [3.63, 3.8) is 0 Å². The number of anilines is 1. The van der Waals surface area contributed by atoms with E-state index < -0.39 is 0 Å². The lowest BCUT2D eigenvalue weighted by molar-refractivity contribution is 0.202. The van der Waals surface area contributed by atoms with E-state index in [2.05, 4.69) is 15.5 Å². The molecule has 0 radical (unpaired) electrons. The minimum atomic E-state index is -0.318. The van der Waals surface area contributed by atoms with Crippen molar-refractivity contribution in [3.05, 3.63) is 17.8 Å². The number of carbonyl (C=O) groups is 1. The molecule has 100 valence electrons. The lowest BCUT2D eigenvalue weighted by Crippen LogP contribution is -2.33. The first kappa shape index (κ1) is 14.4. The minimum absolute atomic E-state index is 0.0663. The summed E-state index contributed by atoms with van der Waals surface area (Å²) in [6, 6.07) is 3.24. The monoisotopic (exact) mass is 252 g/mol. The third kappa shape index (κ3) is 3.96. The summed E-state index contributed by atoms with van der Waals surface area (Å²) in [7, 11) is 1.60. The Morgan fingerprint density at radius 1 is 1.39 bits per heavy atom. The van der Waals surface area contributed by atoms with Crippen molar-refractivity contribution >= 4 is 11.8 Å². The molecule has 1 aromatic heterocycles. The van der Waals surface area contributed by atoms with Crippen LogP contribution in [0.15, 0.2) is 12.1 Å². The van der Waals surface area contributed by atoms with Crippen LogP contribution in [0.2, 0.25) is 0 Å². The van der Waals surface area contributed by atoms with E-state index in [1.54, 1.807) is 13.1 Å². The Morgan fingerprint density at radius 3 is 2.50 bits per heavy atom. The van der Waals surface area contributed by atoms with Crippen LogP contribution in [0.4, 0.5) is 10.6 Å². The summed E-state index contributed by atoms with van der Waals surface area (Å²) in [6.45, 7) is 6.34. The SMILES string of the molecule is CN(CCO)C(=O)Nc1ccc(C(C)(C)C)nn1. The first-order chi connectivity index (χ1) is 8.34. The van der Waals surface area contributed by atoms with Crippen LogP contribution in [-0.4, -0.2) is 46.4 Å². The Kier molecular flexibility index (Phi) is 4.61. The summed E-state index contributed by atoms with van der Waals surface area (Å²) < 4.78 is 0. The standard InChI is InChI=1S/C12H20N4O2/c1-12(2,3)9-5-6-10(15-14-9)13-11(18)16(4)7-8-17/h5-6,17H,7-8H2,1-4H3,(H,13,15,18). The van der Waals surface area contributed by atoms with Gasteiger partial charge in [0.15, 0.2) is 5.82 Å². The smallest absolute Gasteiger partial charge is 0.322 e. The molecule has 0 aromatic carbocycles. The van der Waals surface area contributed by atoms with Gasteiger partial charge in [-0.25, -0.2) is 4.79 Å². The Balaban J connectivity index is 2.67. The molecule has 6 nitrogen and oxygen atoms in total. The number of carbonyl (C=O) groups excluding carboxylic acids is 1. The highest BCUT2D eigenvalue weighted by Gasteiger charge is 2.16. The summed E-state index contributed by atoms with van der Waals surface area (Å²) in [6.07, 6.45) is 0. The summed E-state index contributed by atoms with van der Waals surface area (Å²) >= 11 is 0. The van der Waals surface area contributed by atoms with Crippen LogP contribution < -0.4 is 5.32 Å². The Morgan fingerprint density at radius 2 is 2.06 bits per heavy atom. The fourth-order valence-corrected chi connectivity index (χ4v) is 1.26. The Labute approximate surface area is 107 Å². The molecule has 1 heterocycles. The average molecular weight is 252 g/mol. The molecule has 0 saturated heterocycles. The summed E-state index contributed by atoms with van der Waals surface area (Å²) in [5.74, 6) is 0.401. The van der Waals surface area contributed by atoms with Crippen molar-refractivity contribution in [3.8, 4) is 0 Å². The molecule has 0 atom stereocenters. The van der Waals surface area contributed by atoms with E-state index in [1.165, 1.54) is 4.90 Å². The van der Waals surface area contributed by atoms with E-state index in [-0.39, 0.29) is 24.6 Å². The molecule has 0 fully saturated rings. The molecule has 6 heteroatoms. The zero-order valence-corrected chi connectivity index (χ0v) is 11.3. The van der Waals surface area contributed by atoms with Crippen molar-refractivity contribution in [2.45, 2.75) is 26.2 Å². The Bertz CT molecular complexity index is 398. The predicted octanol–water partition coefficient (Wildman–Crippen LogP) is 1.23. The van der Waals surface area contributed by atoms with Crippen molar-refractivity contribution in [2.24, 2.45) is 0 Å². The van der Waals surface area contributed by atoms with Gasteiger partial charge in [-0.3, -0.25) is 5.32 Å². The molecule has 2 N–H and O–H groups in total. The highest BCUT2D eigenvalue weighted by Crippen LogP contribution is 2.19. The van der Waals surface area contributed by atoms with Gasteiger partial charge in [-0.2, -0.15) is 5.10 Å². The second-order valence-corrected chi connectivity index (χ2v) is 5.13. The van der Waals surface area contributed by atoms with E-state index in [1.807, 2.05) is 26.8 Å². The molecule has 1 rings (SSSR count). The van der Waals surface area contributed by atoms with E-state index in [4.69, 9.17) is 5.11 Å². The highest BCUT2D eigenvalue weighted by molar-refractivity contribution is 5.87. The second kappa shape index (κ2) is 5.77. The van der Waals surface area contributed by atoms with Crippen LogP contribution in [0.1, 0.15) is 26.5 Å². The second-order valence-electron chi connectivity index (χ2n) is 5.13. The number of aliphatic hydroxyl groups excluding tert-OH is 1. The van der Waals surface area contributed by atoms with Gasteiger partial charge in [0.25, 0.3) is 0 Å². The van der Waals surface area contributed by atoms with Gasteiger partial charge in [0.2, 0.25) is 0 Å². The lowest BCUT2D eigenvalue weighted by Gasteiger charge is -2.18. The van der Waals surface area contributed by atoms with Crippen LogP contribution in [0.25, 0.3) is 0 Å². The van der Waals surface area contributed by atoms with Crippen LogP contribution in [0, 0.1) is 0 Å². The first-order valence-corrected chi connectivity index (χ1v) is 5.82. The maximum Gasteiger partial charge on any atom is 0.322 e.